The first kappa shape index (κ1) is 11.4. The van der Waals surface area contributed by atoms with E-state index >= 15 is 0 Å². The quantitative estimate of drug-likeness (QED) is 0.552. The molecule has 0 aromatic heterocycles. The molecule has 2 bridgehead atoms. The molecule has 3 rings (SSSR count). The van der Waals surface area contributed by atoms with Crippen molar-refractivity contribution in [2.75, 3.05) is 6.54 Å². The van der Waals surface area contributed by atoms with Crippen molar-refractivity contribution in [1.29, 1.82) is 0 Å². The van der Waals surface area contributed by atoms with Gasteiger partial charge < -0.3 is 9.84 Å². The van der Waals surface area contributed by atoms with E-state index in [-0.39, 0.29) is 37.0 Å². The minimum atomic E-state index is -0.917. The number of likely N-dealkylation sites (tertiary alicyclic amines) is 1. The predicted molar refractivity (Wildman–Crippen MR) is 58.4 cm³/mol. The highest BCUT2D eigenvalue weighted by molar-refractivity contribution is 6.06. The molecule has 1 unspecified atom stereocenters. The molecule has 0 saturated carbocycles. The third-order valence-corrected chi connectivity index (χ3v) is 3.77. The highest BCUT2D eigenvalue weighted by atomic mass is 16.5. The van der Waals surface area contributed by atoms with Crippen LogP contribution < -0.4 is 0 Å². The van der Waals surface area contributed by atoms with E-state index in [1.165, 1.54) is 4.90 Å². The van der Waals surface area contributed by atoms with Crippen molar-refractivity contribution < 1.29 is 24.2 Å². The molecular weight excluding hydrogens is 238 g/mol. The number of carboxylic acid groups (broad SMARTS) is 1. The second-order valence-corrected chi connectivity index (χ2v) is 4.83. The number of amides is 2. The van der Waals surface area contributed by atoms with E-state index < -0.39 is 17.8 Å². The average Bonchev–Trinajstić information content (AvgIpc) is 2.97. The van der Waals surface area contributed by atoms with Crippen LogP contribution >= 0.6 is 0 Å². The molecule has 3 heterocycles. The summed E-state index contributed by atoms with van der Waals surface area (Å²) in [6, 6.07) is 0. The minimum Gasteiger partial charge on any atom is -0.481 e. The van der Waals surface area contributed by atoms with Crippen LogP contribution in [0.5, 0.6) is 0 Å². The molecule has 6 nitrogen and oxygen atoms in total. The Morgan fingerprint density at radius 2 is 1.78 bits per heavy atom. The number of hydrogen-bond donors (Lipinski definition) is 1. The van der Waals surface area contributed by atoms with Crippen molar-refractivity contribution in [2.45, 2.75) is 25.0 Å². The molecule has 0 radical (unpaired) electrons. The van der Waals surface area contributed by atoms with Gasteiger partial charge in [0.2, 0.25) is 11.8 Å². The van der Waals surface area contributed by atoms with Gasteiger partial charge in [-0.15, -0.1) is 0 Å². The van der Waals surface area contributed by atoms with Crippen LogP contribution in [-0.4, -0.2) is 46.5 Å². The molecule has 18 heavy (non-hydrogen) atoms. The Bertz CT molecular complexity index is 427. The molecule has 2 fully saturated rings. The van der Waals surface area contributed by atoms with E-state index in [2.05, 4.69) is 0 Å². The molecule has 1 N–H and O–H groups in total. The number of nitrogens with zero attached hydrogens (tertiary/aromatic N) is 1. The number of carbonyl (C=O) groups is 3. The van der Waals surface area contributed by atoms with E-state index in [1.54, 1.807) is 0 Å². The lowest BCUT2D eigenvalue weighted by Gasteiger charge is -2.16. The molecule has 96 valence electrons. The third kappa shape index (κ3) is 1.49. The molecule has 0 aromatic rings. The number of imide groups is 1. The lowest BCUT2D eigenvalue weighted by Crippen LogP contribution is -2.35. The van der Waals surface area contributed by atoms with Gasteiger partial charge in [-0.2, -0.15) is 0 Å². The maximum atomic E-state index is 12.1. The largest absolute Gasteiger partial charge is 0.481 e. The Kier molecular flexibility index (Phi) is 2.48. The van der Waals surface area contributed by atoms with Gasteiger partial charge >= 0.3 is 5.97 Å². The van der Waals surface area contributed by atoms with Gasteiger partial charge in [0.15, 0.2) is 0 Å². The van der Waals surface area contributed by atoms with Crippen molar-refractivity contribution in [2.24, 2.45) is 11.8 Å². The number of aliphatic carboxylic acids is 1. The Morgan fingerprint density at radius 3 is 2.28 bits per heavy atom. The lowest BCUT2D eigenvalue weighted by atomic mass is 9.85. The fraction of sp³-hybridized carbons (Fsp3) is 0.583. The predicted octanol–water partition coefficient (Wildman–Crippen LogP) is -0.210. The van der Waals surface area contributed by atoms with Gasteiger partial charge in [0.25, 0.3) is 0 Å². The Balaban J connectivity index is 1.70. The molecule has 3 aliphatic rings. The molecule has 2 amide bonds. The summed E-state index contributed by atoms with van der Waals surface area (Å²) in [5, 5.41) is 8.56. The first-order valence-corrected chi connectivity index (χ1v) is 6.00. The fourth-order valence-electron chi connectivity index (χ4n) is 2.97. The second kappa shape index (κ2) is 3.91. The first-order valence-electron chi connectivity index (χ1n) is 6.00. The molecule has 3 aliphatic heterocycles. The van der Waals surface area contributed by atoms with Crippen LogP contribution in [-0.2, 0) is 19.1 Å². The summed E-state index contributed by atoms with van der Waals surface area (Å²) in [5.41, 5.74) is 0. The summed E-state index contributed by atoms with van der Waals surface area (Å²) in [5.74, 6) is -2.13. The van der Waals surface area contributed by atoms with Crippen LogP contribution in [0.15, 0.2) is 12.2 Å². The third-order valence-electron chi connectivity index (χ3n) is 3.77. The van der Waals surface area contributed by atoms with E-state index in [0.29, 0.717) is 6.42 Å². The van der Waals surface area contributed by atoms with Gasteiger partial charge in [0.1, 0.15) is 0 Å². The Hall–Kier alpha value is -1.69. The lowest BCUT2D eigenvalue weighted by molar-refractivity contribution is -0.144. The maximum Gasteiger partial charge on any atom is 0.303 e. The summed E-state index contributed by atoms with van der Waals surface area (Å²) in [6.07, 6.45) is 3.38. The Morgan fingerprint density at radius 1 is 1.22 bits per heavy atom. The number of carbonyl (C=O) groups excluding carboxylic acids is 2. The number of hydrogen-bond acceptors (Lipinski definition) is 4. The number of rotatable bonds is 4. The van der Waals surface area contributed by atoms with Gasteiger partial charge in [0, 0.05) is 13.0 Å². The standard InChI is InChI=1S/C12H13NO5/c14-8(15)2-1-5-13-11(16)9-6-3-4-7(18-6)10(9)12(13)17/h3-4,6-7,9-10H,1-2,5H2,(H,14,15)/t6-,7?,9-,10+/m1/s1. The van der Waals surface area contributed by atoms with E-state index in [4.69, 9.17) is 9.84 Å². The zero-order chi connectivity index (χ0) is 12.9. The van der Waals surface area contributed by atoms with Crippen molar-refractivity contribution in [3.05, 3.63) is 12.2 Å². The summed E-state index contributed by atoms with van der Waals surface area (Å²) in [4.78, 5) is 35.8. The van der Waals surface area contributed by atoms with E-state index in [0.717, 1.165) is 0 Å². The second-order valence-electron chi connectivity index (χ2n) is 4.83. The average molecular weight is 251 g/mol. The summed E-state index contributed by atoms with van der Waals surface area (Å²) >= 11 is 0. The van der Waals surface area contributed by atoms with E-state index in [9.17, 15) is 14.4 Å². The smallest absolute Gasteiger partial charge is 0.303 e. The first-order chi connectivity index (χ1) is 8.59. The minimum absolute atomic E-state index is 0.0337. The molecule has 4 atom stereocenters. The highest BCUT2D eigenvalue weighted by Crippen LogP contribution is 2.44. The van der Waals surface area contributed by atoms with Gasteiger partial charge in [-0.1, -0.05) is 12.2 Å². The number of carboxylic acids is 1. The zero-order valence-corrected chi connectivity index (χ0v) is 9.61. The van der Waals surface area contributed by atoms with Gasteiger partial charge in [-0.3, -0.25) is 19.3 Å². The van der Waals surface area contributed by atoms with Crippen molar-refractivity contribution in [3.8, 4) is 0 Å². The van der Waals surface area contributed by atoms with Crippen LogP contribution in [0, 0.1) is 11.8 Å². The van der Waals surface area contributed by atoms with Crippen LogP contribution in [0.2, 0.25) is 0 Å². The van der Waals surface area contributed by atoms with Crippen molar-refractivity contribution >= 4 is 17.8 Å². The van der Waals surface area contributed by atoms with Crippen LogP contribution in [0.3, 0.4) is 0 Å². The Labute approximate surface area is 103 Å². The van der Waals surface area contributed by atoms with Crippen molar-refractivity contribution in [3.63, 3.8) is 0 Å². The van der Waals surface area contributed by atoms with Gasteiger partial charge in [-0.25, -0.2) is 0 Å². The van der Waals surface area contributed by atoms with Crippen LogP contribution in [0.4, 0.5) is 0 Å². The summed E-state index contributed by atoms with van der Waals surface area (Å²) < 4.78 is 5.50. The van der Waals surface area contributed by atoms with Crippen LogP contribution in [0.1, 0.15) is 12.8 Å². The molecule has 6 heteroatoms. The van der Waals surface area contributed by atoms with Gasteiger partial charge in [-0.05, 0) is 6.42 Å². The summed E-state index contributed by atoms with van der Waals surface area (Å²) in [6.45, 7) is 0.191. The molecule has 0 aromatic carbocycles. The monoisotopic (exact) mass is 251 g/mol. The molecule has 0 aliphatic carbocycles. The normalized spacial score (nSPS) is 36.6. The number of ether oxygens (including phenoxy) is 1. The topological polar surface area (TPSA) is 83.9 Å². The number of fused-ring (bicyclic) bond motifs is 5. The van der Waals surface area contributed by atoms with E-state index in [1.807, 2.05) is 12.2 Å². The summed E-state index contributed by atoms with van der Waals surface area (Å²) in [7, 11) is 0. The van der Waals surface area contributed by atoms with Gasteiger partial charge in [0.05, 0.1) is 24.0 Å². The molecule has 0 spiro atoms. The van der Waals surface area contributed by atoms with Crippen LogP contribution in [0.25, 0.3) is 0 Å². The van der Waals surface area contributed by atoms with Crippen molar-refractivity contribution in [1.82, 2.24) is 4.90 Å². The molecule has 2 saturated heterocycles. The fourth-order valence-corrected chi connectivity index (χ4v) is 2.97. The zero-order valence-electron chi connectivity index (χ0n) is 9.61. The highest BCUT2D eigenvalue weighted by Gasteiger charge is 2.60. The SMILES string of the molecule is O=C(O)CCCN1C(=O)[C@@H]2[C@H]3C=CC(O3)[C@@H]2C1=O. The maximum absolute atomic E-state index is 12.1. The molecular formula is C12H13NO5.